The maximum Gasteiger partial charge on any atom is 0.271 e. The van der Waals surface area contributed by atoms with Crippen LogP contribution in [0, 0.1) is 0 Å². The molecule has 132 valence electrons. The van der Waals surface area contributed by atoms with E-state index >= 15 is 0 Å². The van der Waals surface area contributed by atoms with Crippen molar-refractivity contribution in [2.45, 2.75) is 0 Å². The predicted molar refractivity (Wildman–Crippen MR) is 107 cm³/mol. The molecule has 2 aromatic carbocycles. The Balaban J connectivity index is 1.96. The molecule has 0 atom stereocenters. The van der Waals surface area contributed by atoms with E-state index in [-0.39, 0.29) is 5.91 Å². The summed E-state index contributed by atoms with van der Waals surface area (Å²) in [4.78, 5) is 14.2. The molecular weight excluding hydrogens is 381 g/mol. The summed E-state index contributed by atoms with van der Waals surface area (Å²) >= 11 is 17.4. The average molecular weight is 399 g/mol. The van der Waals surface area contributed by atoms with Gasteiger partial charge in [-0.05, 0) is 42.0 Å². The number of amides is 1. The second-order valence-electron chi connectivity index (χ2n) is 5.16. The number of nitrogens with one attached hydrogen (secondary N) is 1. The molecule has 0 aliphatic rings. The lowest BCUT2D eigenvalue weighted by atomic mass is 10.2. The van der Waals surface area contributed by atoms with Crippen molar-refractivity contribution in [3.8, 4) is 0 Å². The van der Waals surface area contributed by atoms with Crippen LogP contribution >= 0.6 is 34.8 Å². The number of halogens is 3. The van der Waals surface area contributed by atoms with Gasteiger partial charge in [0.05, 0.1) is 6.21 Å². The van der Waals surface area contributed by atoms with E-state index in [1.54, 1.807) is 30.5 Å². The molecule has 1 N–H and O–H groups in total. The SMILES string of the molecule is O=C(NN=Cc1ccc(Cl)cc1)c1ccc(N(CCCl)CCCl)cc1. The van der Waals surface area contributed by atoms with Crippen LogP contribution in [0.15, 0.2) is 53.6 Å². The molecule has 0 aliphatic carbocycles. The standard InChI is InChI=1S/C18H18Cl3N3O/c19-9-11-24(12-10-20)17-7-3-15(4-8-17)18(25)23-22-13-14-1-5-16(21)6-2-14/h1-8,13H,9-12H2,(H,23,25). The van der Waals surface area contributed by atoms with Crippen molar-refractivity contribution in [2.75, 3.05) is 29.7 Å². The summed E-state index contributed by atoms with van der Waals surface area (Å²) in [6.45, 7) is 1.40. The van der Waals surface area contributed by atoms with Crippen molar-refractivity contribution in [1.82, 2.24) is 5.43 Å². The molecule has 0 aromatic heterocycles. The Morgan fingerprint density at radius 2 is 1.60 bits per heavy atom. The van der Waals surface area contributed by atoms with Gasteiger partial charge in [-0.3, -0.25) is 4.79 Å². The normalized spacial score (nSPS) is 10.8. The molecule has 0 bridgehead atoms. The lowest BCUT2D eigenvalue weighted by molar-refractivity contribution is 0.0955. The van der Waals surface area contributed by atoms with Gasteiger partial charge in [0.1, 0.15) is 0 Å². The number of hydrogen-bond donors (Lipinski definition) is 1. The summed E-state index contributed by atoms with van der Waals surface area (Å²) in [5.41, 5.74) is 4.84. The number of alkyl halides is 2. The molecule has 0 unspecified atom stereocenters. The molecule has 4 nitrogen and oxygen atoms in total. The highest BCUT2D eigenvalue weighted by molar-refractivity contribution is 6.30. The Morgan fingerprint density at radius 1 is 1.00 bits per heavy atom. The van der Waals surface area contributed by atoms with Gasteiger partial charge in [0.25, 0.3) is 5.91 Å². The summed E-state index contributed by atoms with van der Waals surface area (Å²) in [5.74, 6) is 0.745. The Morgan fingerprint density at radius 3 is 2.16 bits per heavy atom. The number of anilines is 1. The van der Waals surface area contributed by atoms with Crippen LogP contribution in [0.1, 0.15) is 15.9 Å². The minimum absolute atomic E-state index is 0.280. The van der Waals surface area contributed by atoms with Gasteiger partial charge in [-0.1, -0.05) is 23.7 Å². The van der Waals surface area contributed by atoms with Gasteiger partial charge >= 0.3 is 0 Å². The second-order valence-corrected chi connectivity index (χ2v) is 6.35. The Hall–Kier alpha value is -1.75. The monoisotopic (exact) mass is 397 g/mol. The fraction of sp³-hybridized carbons (Fsp3) is 0.222. The molecular formula is C18H18Cl3N3O. The zero-order valence-electron chi connectivity index (χ0n) is 13.5. The lowest BCUT2D eigenvalue weighted by Gasteiger charge is -2.22. The van der Waals surface area contributed by atoms with Crippen LogP contribution in [0.2, 0.25) is 5.02 Å². The molecule has 2 rings (SSSR count). The van der Waals surface area contributed by atoms with E-state index in [1.165, 1.54) is 0 Å². The first-order valence-electron chi connectivity index (χ1n) is 7.70. The first-order valence-corrected chi connectivity index (χ1v) is 9.14. The number of rotatable bonds is 8. The summed E-state index contributed by atoms with van der Waals surface area (Å²) in [7, 11) is 0. The number of hydrazone groups is 1. The van der Waals surface area contributed by atoms with Crippen molar-refractivity contribution >= 4 is 52.6 Å². The highest BCUT2D eigenvalue weighted by Crippen LogP contribution is 2.15. The van der Waals surface area contributed by atoms with Crippen molar-refractivity contribution in [1.29, 1.82) is 0 Å². The topological polar surface area (TPSA) is 44.7 Å². The van der Waals surface area contributed by atoms with E-state index < -0.39 is 0 Å². The van der Waals surface area contributed by atoms with Gasteiger partial charge in [0.2, 0.25) is 0 Å². The highest BCUT2D eigenvalue weighted by Gasteiger charge is 2.08. The van der Waals surface area contributed by atoms with Crippen LogP contribution in [-0.4, -0.2) is 37.0 Å². The predicted octanol–water partition coefficient (Wildman–Crippen LogP) is 4.39. The third-order valence-corrected chi connectivity index (χ3v) is 4.04. The van der Waals surface area contributed by atoms with Crippen LogP contribution in [0.25, 0.3) is 0 Å². The number of carbonyl (C=O) groups excluding carboxylic acids is 1. The molecule has 0 saturated carbocycles. The summed E-state index contributed by atoms with van der Waals surface area (Å²) in [6, 6.07) is 14.4. The number of benzene rings is 2. The third kappa shape index (κ3) is 6.24. The lowest BCUT2D eigenvalue weighted by Crippen LogP contribution is -2.27. The minimum atomic E-state index is -0.280. The maximum atomic E-state index is 12.1. The van der Waals surface area contributed by atoms with Crippen molar-refractivity contribution < 1.29 is 4.79 Å². The van der Waals surface area contributed by atoms with E-state index in [9.17, 15) is 4.79 Å². The largest absolute Gasteiger partial charge is 0.369 e. The van der Waals surface area contributed by atoms with Crippen LogP contribution in [0.4, 0.5) is 5.69 Å². The van der Waals surface area contributed by atoms with Crippen molar-refractivity contribution in [2.24, 2.45) is 5.10 Å². The number of carbonyl (C=O) groups is 1. The Kier molecular flexibility index (Phi) is 8.06. The van der Waals surface area contributed by atoms with Gasteiger partial charge in [-0.25, -0.2) is 5.43 Å². The van der Waals surface area contributed by atoms with E-state index in [0.717, 1.165) is 11.3 Å². The zero-order chi connectivity index (χ0) is 18.1. The van der Waals surface area contributed by atoms with E-state index in [2.05, 4.69) is 15.4 Å². The fourth-order valence-electron chi connectivity index (χ4n) is 2.18. The van der Waals surface area contributed by atoms with Gasteiger partial charge in [-0.15, -0.1) is 23.2 Å². The molecule has 0 saturated heterocycles. The maximum absolute atomic E-state index is 12.1. The molecule has 1 amide bonds. The number of hydrogen-bond acceptors (Lipinski definition) is 3. The Labute approximate surface area is 162 Å². The van der Waals surface area contributed by atoms with E-state index in [1.807, 2.05) is 24.3 Å². The average Bonchev–Trinajstić information content (AvgIpc) is 2.63. The molecule has 25 heavy (non-hydrogen) atoms. The van der Waals surface area contributed by atoms with Gasteiger partial charge in [0, 0.05) is 41.1 Å². The van der Waals surface area contributed by atoms with Crippen LogP contribution < -0.4 is 10.3 Å². The molecule has 0 heterocycles. The quantitative estimate of drug-likeness (QED) is 0.407. The highest BCUT2D eigenvalue weighted by atomic mass is 35.5. The number of nitrogens with zero attached hydrogens (tertiary/aromatic N) is 2. The second kappa shape index (κ2) is 10.3. The minimum Gasteiger partial charge on any atom is -0.369 e. The molecule has 0 fully saturated rings. The van der Waals surface area contributed by atoms with Gasteiger partial charge in [-0.2, -0.15) is 5.10 Å². The van der Waals surface area contributed by atoms with E-state index in [4.69, 9.17) is 34.8 Å². The summed E-state index contributed by atoms with van der Waals surface area (Å²) in [5, 5.41) is 4.60. The van der Waals surface area contributed by atoms with Crippen molar-refractivity contribution in [3.63, 3.8) is 0 Å². The molecule has 0 aliphatic heterocycles. The van der Waals surface area contributed by atoms with Crippen LogP contribution in [0.3, 0.4) is 0 Å². The molecule has 0 radical (unpaired) electrons. The molecule has 7 heteroatoms. The fourth-order valence-corrected chi connectivity index (χ4v) is 2.71. The van der Waals surface area contributed by atoms with E-state index in [0.29, 0.717) is 35.4 Å². The molecule has 0 spiro atoms. The third-order valence-electron chi connectivity index (χ3n) is 3.45. The van der Waals surface area contributed by atoms with Crippen LogP contribution in [-0.2, 0) is 0 Å². The zero-order valence-corrected chi connectivity index (χ0v) is 15.7. The van der Waals surface area contributed by atoms with Crippen LogP contribution in [0.5, 0.6) is 0 Å². The molecule has 2 aromatic rings. The Bertz CT molecular complexity index is 697. The summed E-state index contributed by atoms with van der Waals surface area (Å²) < 4.78 is 0. The smallest absolute Gasteiger partial charge is 0.271 e. The van der Waals surface area contributed by atoms with Gasteiger partial charge in [0.15, 0.2) is 0 Å². The first-order chi connectivity index (χ1) is 12.1. The summed E-state index contributed by atoms with van der Waals surface area (Å²) in [6.07, 6.45) is 1.56. The van der Waals surface area contributed by atoms with Crippen molar-refractivity contribution in [3.05, 3.63) is 64.7 Å². The first kappa shape index (κ1) is 19.6. The van der Waals surface area contributed by atoms with Gasteiger partial charge < -0.3 is 4.90 Å².